The van der Waals surface area contributed by atoms with Crippen molar-refractivity contribution in [2.24, 2.45) is 10.8 Å². The third-order valence-electron chi connectivity index (χ3n) is 17.9. The standard InChI is InChI=1S/C62H54N4/c1-9-61(10-2)27-47-39(31-63)23-53-57(49(47)29-61)45-21-37(55-33(5)15-13-16-34(55)6)19-43-41-26-52-42(25-51(41)65(53)59(43)45)44-20-38(56-35(7)17-14-18-36(56)8)22-46-58-50-30-62(11-3,12-4)28-48(50)40(32-64)24-54(58)66(52)60(44)46/h13-26H,9-12,27-30H2,1-8H3. The summed E-state index contributed by atoms with van der Waals surface area (Å²) >= 11 is 0. The van der Waals surface area contributed by atoms with Crippen LogP contribution in [0.1, 0.15) is 109 Å². The van der Waals surface area contributed by atoms with Gasteiger partial charge in [-0.15, -0.1) is 0 Å². The van der Waals surface area contributed by atoms with Gasteiger partial charge in [0.25, 0.3) is 0 Å². The van der Waals surface area contributed by atoms with Crippen molar-refractivity contribution in [1.29, 1.82) is 10.5 Å². The molecule has 4 heteroatoms. The van der Waals surface area contributed by atoms with E-state index in [0.29, 0.717) is 0 Å². The molecule has 0 spiro atoms. The summed E-state index contributed by atoms with van der Waals surface area (Å²) in [5, 5.41) is 31.9. The molecule has 0 amide bonds. The van der Waals surface area contributed by atoms with E-state index in [0.717, 1.165) is 73.5 Å². The first-order chi connectivity index (χ1) is 32.0. The minimum absolute atomic E-state index is 0.161. The van der Waals surface area contributed by atoms with Gasteiger partial charge >= 0.3 is 0 Å². The van der Waals surface area contributed by atoms with Crippen LogP contribution in [-0.2, 0) is 25.7 Å². The Hall–Kier alpha value is -6.88. The van der Waals surface area contributed by atoms with E-state index in [1.165, 1.54) is 132 Å². The van der Waals surface area contributed by atoms with Gasteiger partial charge in [0.2, 0.25) is 0 Å². The summed E-state index contributed by atoms with van der Waals surface area (Å²) in [7, 11) is 0. The molecule has 0 N–H and O–H groups in total. The Labute approximate surface area is 386 Å². The zero-order valence-corrected chi connectivity index (χ0v) is 39.5. The van der Waals surface area contributed by atoms with Gasteiger partial charge < -0.3 is 8.80 Å². The molecule has 4 aromatic heterocycles. The fourth-order valence-corrected chi connectivity index (χ4v) is 14.1. The zero-order chi connectivity index (χ0) is 45.3. The molecule has 0 atom stereocenters. The first-order valence-electron chi connectivity index (χ1n) is 24.5. The second-order valence-corrected chi connectivity index (χ2v) is 20.8. The monoisotopic (exact) mass is 854 g/mol. The third-order valence-corrected chi connectivity index (χ3v) is 17.9. The van der Waals surface area contributed by atoms with Crippen molar-refractivity contribution in [2.75, 3.05) is 0 Å². The highest BCUT2D eigenvalue weighted by molar-refractivity contribution is 6.31. The SMILES string of the molecule is CCC1(CC)Cc2c(C#N)cc3c(c2C1)c1cc(-c2c(C)cccc2C)cc2c4cc5c(cc4n3c21)c1cc(-c2c(C)cccc2C)cc2c3c4c(c(C#N)cc3n5c12)CC(CC)(CC)C4. The van der Waals surface area contributed by atoms with E-state index in [9.17, 15) is 10.5 Å². The van der Waals surface area contributed by atoms with Gasteiger partial charge in [-0.05, 0) is 205 Å². The van der Waals surface area contributed by atoms with Crippen molar-refractivity contribution < 1.29 is 0 Å². The van der Waals surface area contributed by atoms with Crippen molar-refractivity contribution in [2.45, 2.75) is 107 Å². The summed E-state index contributed by atoms with van der Waals surface area (Å²) in [6, 6.07) is 38.0. The van der Waals surface area contributed by atoms with Crippen molar-refractivity contribution >= 4 is 76.2 Å². The van der Waals surface area contributed by atoms with Crippen LogP contribution in [0.5, 0.6) is 0 Å². The first kappa shape index (κ1) is 39.5. The summed E-state index contributed by atoms with van der Waals surface area (Å²) in [5.74, 6) is 0. The molecule has 0 radical (unpaired) electrons. The molecule has 0 bridgehead atoms. The van der Waals surface area contributed by atoms with E-state index in [1.54, 1.807) is 0 Å². The van der Waals surface area contributed by atoms with Crippen LogP contribution in [0.3, 0.4) is 0 Å². The van der Waals surface area contributed by atoms with Crippen molar-refractivity contribution in [1.82, 2.24) is 8.80 Å². The average molecular weight is 855 g/mol. The van der Waals surface area contributed by atoms with Gasteiger partial charge in [0.15, 0.2) is 0 Å². The van der Waals surface area contributed by atoms with Gasteiger partial charge in [-0.2, -0.15) is 10.5 Å². The number of aryl methyl sites for hydroxylation is 4. The highest BCUT2D eigenvalue weighted by Gasteiger charge is 2.40. The lowest BCUT2D eigenvalue weighted by Crippen LogP contribution is -2.18. The Morgan fingerprint density at radius 3 is 1.14 bits per heavy atom. The molecular formula is C62H54N4. The van der Waals surface area contributed by atoms with E-state index < -0.39 is 0 Å². The molecule has 66 heavy (non-hydrogen) atoms. The molecule has 7 aromatic carbocycles. The largest absolute Gasteiger partial charge is 0.308 e. The van der Waals surface area contributed by atoms with E-state index >= 15 is 0 Å². The Balaban J connectivity index is 1.23. The second-order valence-electron chi connectivity index (χ2n) is 20.8. The predicted molar refractivity (Wildman–Crippen MR) is 276 cm³/mol. The molecule has 2 aliphatic carbocycles. The van der Waals surface area contributed by atoms with Crippen molar-refractivity contribution in [3.05, 3.63) is 141 Å². The summed E-state index contributed by atoms with van der Waals surface area (Å²) in [6.07, 6.45) is 8.30. The minimum atomic E-state index is 0.161. The summed E-state index contributed by atoms with van der Waals surface area (Å²) < 4.78 is 5.05. The van der Waals surface area contributed by atoms with E-state index in [1.807, 2.05) is 0 Å². The second kappa shape index (κ2) is 13.4. The molecule has 0 fully saturated rings. The summed E-state index contributed by atoms with van der Waals surface area (Å²) in [5.41, 5.74) is 24.6. The van der Waals surface area contributed by atoms with E-state index in [4.69, 9.17) is 0 Å². The number of hydrogen-bond acceptors (Lipinski definition) is 2. The first-order valence-corrected chi connectivity index (χ1v) is 24.5. The molecule has 13 rings (SSSR count). The van der Waals surface area contributed by atoms with Crippen LogP contribution in [0, 0.1) is 61.2 Å². The quantitative estimate of drug-likeness (QED) is 0.167. The lowest BCUT2D eigenvalue weighted by atomic mass is 9.79. The van der Waals surface area contributed by atoms with Gasteiger partial charge in [-0.3, -0.25) is 0 Å². The number of hydrogen-bond donors (Lipinski definition) is 0. The smallest absolute Gasteiger partial charge is 0.0995 e. The maximum absolute atomic E-state index is 10.9. The fourth-order valence-electron chi connectivity index (χ4n) is 14.1. The molecule has 322 valence electrons. The van der Waals surface area contributed by atoms with Gasteiger partial charge in [0, 0.05) is 43.1 Å². The van der Waals surface area contributed by atoms with Crippen LogP contribution >= 0.6 is 0 Å². The number of fused-ring (bicyclic) bond motifs is 16. The summed E-state index contributed by atoms with van der Waals surface area (Å²) in [4.78, 5) is 0. The molecule has 2 aliphatic rings. The molecule has 0 unspecified atom stereocenters. The normalized spacial score (nSPS) is 15.5. The third kappa shape index (κ3) is 4.82. The molecule has 4 heterocycles. The van der Waals surface area contributed by atoms with Gasteiger partial charge in [0.05, 0.1) is 56.4 Å². The number of rotatable bonds is 6. The zero-order valence-electron chi connectivity index (χ0n) is 39.5. The van der Waals surface area contributed by atoms with Crippen LogP contribution in [0.2, 0.25) is 0 Å². The van der Waals surface area contributed by atoms with Crippen molar-refractivity contribution in [3.63, 3.8) is 0 Å². The highest BCUT2D eigenvalue weighted by atomic mass is 14.9. The van der Waals surface area contributed by atoms with Gasteiger partial charge in [0.1, 0.15) is 0 Å². The number of aromatic nitrogens is 2. The topological polar surface area (TPSA) is 56.4 Å². The van der Waals surface area contributed by atoms with E-state index in [-0.39, 0.29) is 10.8 Å². The maximum atomic E-state index is 10.9. The predicted octanol–water partition coefficient (Wildman–Crippen LogP) is 16.1. The van der Waals surface area contributed by atoms with Gasteiger partial charge in [-0.25, -0.2) is 0 Å². The van der Waals surface area contributed by atoms with Crippen LogP contribution in [0.15, 0.2) is 84.9 Å². The lowest BCUT2D eigenvalue weighted by molar-refractivity contribution is 0.280. The Morgan fingerprint density at radius 1 is 0.439 bits per heavy atom. The molecule has 4 nitrogen and oxygen atoms in total. The Kier molecular flexibility index (Phi) is 7.99. The van der Waals surface area contributed by atoms with E-state index in [2.05, 4.69) is 161 Å². The van der Waals surface area contributed by atoms with Crippen LogP contribution < -0.4 is 0 Å². The van der Waals surface area contributed by atoms with Crippen molar-refractivity contribution in [3.8, 4) is 34.4 Å². The molecule has 0 saturated carbocycles. The minimum Gasteiger partial charge on any atom is -0.308 e. The Bertz CT molecular complexity index is 3750. The molecular weight excluding hydrogens is 801 g/mol. The fraction of sp³-hybridized carbons (Fsp3) is 0.290. The lowest BCUT2D eigenvalue weighted by Gasteiger charge is -2.25. The Morgan fingerprint density at radius 2 is 0.788 bits per heavy atom. The molecule has 0 saturated heterocycles. The maximum Gasteiger partial charge on any atom is 0.0995 e. The molecule has 11 aromatic rings. The summed E-state index contributed by atoms with van der Waals surface area (Å²) in [6.45, 7) is 18.3. The van der Waals surface area contributed by atoms with Gasteiger partial charge in [-0.1, -0.05) is 64.1 Å². The van der Waals surface area contributed by atoms with Crippen LogP contribution in [0.4, 0.5) is 0 Å². The van der Waals surface area contributed by atoms with Crippen LogP contribution in [-0.4, -0.2) is 8.80 Å². The number of benzene rings is 7. The number of nitriles is 2. The highest BCUT2D eigenvalue weighted by Crippen LogP contribution is 2.54. The molecule has 0 aliphatic heterocycles. The van der Waals surface area contributed by atoms with Crippen LogP contribution in [0.25, 0.3) is 98.4 Å². The average Bonchev–Trinajstić information content (AvgIpc) is 4.16. The number of nitrogens with zero attached hydrogens (tertiary/aromatic N) is 4.